The Labute approximate surface area is 180 Å². The highest BCUT2D eigenvalue weighted by molar-refractivity contribution is 6.31. The largest absolute Gasteiger partial charge is 0.496 e. The molecule has 160 valence electrons. The van der Waals surface area contributed by atoms with Crippen molar-refractivity contribution in [2.24, 2.45) is 5.92 Å². The van der Waals surface area contributed by atoms with Gasteiger partial charge < -0.3 is 19.1 Å². The molecule has 0 saturated carbocycles. The van der Waals surface area contributed by atoms with Gasteiger partial charge >= 0.3 is 0 Å². The van der Waals surface area contributed by atoms with E-state index >= 15 is 0 Å². The molecule has 2 aliphatic heterocycles. The first-order valence-electron chi connectivity index (χ1n) is 10.1. The maximum absolute atomic E-state index is 13.6. The van der Waals surface area contributed by atoms with Gasteiger partial charge in [0.15, 0.2) is 0 Å². The van der Waals surface area contributed by atoms with Crippen LogP contribution in [0.25, 0.3) is 0 Å². The maximum Gasteiger partial charge on any atom is 0.257 e. The van der Waals surface area contributed by atoms with Gasteiger partial charge in [-0.1, -0.05) is 29.8 Å². The molecule has 0 aliphatic carbocycles. The molecule has 1 amide bonds. The first-order valence-corrected chi connectivity index (χ1v) is 10.5. The summed E-state index contributed by atoms with van der Waals surface area (Å²) in [5, 5.41) is 0.502. The Bertz CT molecular complexity index is 916. The number of carbonyl (C=O) groups is 1. The Morgan fingerprint density at radius 3 is 2.87 bits per heavy atom. The molecule has 0 radical (unpaired) electrons. The Morgan fingerprint density at radius 2 is 2.10 bits per heavy atom. The minimum absolute atomic E-state index is 0.0970. The SMILES string of the molecule is COc1ccc(Cl)cc1C(=O)N1CC2(CC(CCOCc3ccccc3F)CO2)C1. The van der Waals surface area contributed by atoms with E-state index in [1.165, 1.54) is 13.2 Å². The zero-order valence-corrected chi connectivity index (χ0v) is 17.7. The number of hydrogen-bond acceptors (Lipinski definition) is 4. The van der Waals surface area contributed by atoms with Crippen molar-refractivity contribution in [3.05, 3.63) is 64.4 Å². The van der Waals surface area contributed by atoms with Crippen LogP contribution in [0.15, 0.2) is 42.5 Å². The van der Waals surface area contributed by atoms with Crippen LogP contribution in [0.1, 0.15) is 28.8 Å². The molecule has 7 heteroatoms. The molecule has 0 N–H and O–H groups in total. The molecule has 0 aromatic heterocycles. The molecular formula is C23H25ClFNO4. The second-order valence-electron chi connectivity index (χ2n) is 8.00. The molecule has 2 aromatic carbocycles. The summed E-state index contributed by atoms with van der Waals surface area (Å²) in [5.74, 6) is 0.558. The summed E-state index contributed by atoms with van der Waals surface area (Å²) in [4.78, 5) is 14.6. The number of benzene rings is 2. The quantitative estimate of drug-likeness (QED) is 0.610. The Hall–Kier alpha value is -2.15. The molecule has 1 unspecified atom stereocenters. The van der Waals surface area contributed by atoms with Crippen molar-refractivity contribution in [1.82, 2.24) is 4.90 Å². The molecule has 0 bridgehead atoms. The molecule has 1 atom stereocenters. The fraction of sp³-hybridized carbons (Fsp3) is 0.435. The van der Waals surface area contributed by atoms with Gasteiger partial charge in [-0.3, -0.25) is 4.79 Å². The molecule has 2 fully saturated rings. The monoisotopic (exact) mass is 433 g/mol. The molecule has 4 rings (SSSR count). The number of ether oxygens (including phenoxy) is 3. The highest BCUT2D eigenvalue weighted by Gasteiger charge is 2.51. The number of hydrogen-bond donors (Lipinski definition) is 0. The van der Waals surface area contributed by atoms with Gasteiger partial charge in [0.05, 0.1) is 39.0 Å². The van der Waals surface area contributed by atoms with Crippen LogP contribution in [0.3, 0.4) is 0 Å². The lowest BCUT2D eigenvalue weighted by molar-refractivity contribution is -0.0951. The molecule has 1 spiro atoms. The molecule has 2 aromatic rings. The average molecular weight is 434 g/mol. The van der Waals surface area contributed by atoms with Gasteiger partial charge in [-0.2, -0.15) is 0 Å². The molecule has 2 heterocycles. The Balaban J connectivity index is 1.23. The van der Waals surface area contributed by atoms with Crippen molar-refractivity contribution in [3.63, 3.8) is 0 Å². The summed E-state index contributed by atoms with van der Waals surface area (Å²) in [6, 6.07) is 11.7. The predicted octanol–water partition coefficient (Wildman–Crippen LogP) is 4.33. The van der Waals surface area contributed by atoms with Gasteiger partial charge in [-0.25, -0.2) is 4.39 Å². The summed E-state index contributed by atoms with van der Waals surface area (Å²) in [6.45, 7) is 2.61. The van der Waals surface area contributed by atoms with Crippen molar-refractivity contribution in [2.45, 2.75) is 25.0 Å². The number of amides is 1. The van der Waals surface area contributed by atoms with E-state index in [1.807, 2.05) is 0 Å². The Morgan fingerprint density at radius 1 is 1.30 bits per heavy atom. The Kier molecular flexibility index (Phi) is 6.27. The van der Waals surface area contributed by atoms with E-state index in [0.29, 0.717) is 54.1 Å². The van der Waals surface area contributed by atoms with E-state index in [0.717, 1.165) is 12.8 Å². The maximum atomic E-state index is 13.6. The summed E-state index contributed by atoms with van der Waals surface area (Å²) in [7, 11) is 1.54. The van der Waals surface area contributed by atoms with E-state index in [1.54, 1.807) is 41.3 Å². The van der Waals surface area contributed by atoms with Crippen LogP contribution in [0.2, 0.25) is 5.02 Å². The van der Waals surface area contributed by atoms with E-state index in [9.17, 15) is 9.18 Å². The zero-order valence-electron chi connectivity index (χ0n) is 16.9. The van der Waals surface area contributed by atoms with Gasteiger partial charge in [-0.05, 0) is 43.0 Å². The van der Waals surface area contributed by atoms with Crippen LogP contribution in [-0.4, -0.2) is 49.8 Å². The molecule has 30 heavy (non-hydrogen) atoms. The van der Waals surface area contributed by atoms with Crippen molar-refractivity contribution >= 4 is 17.5 Å². The van der Waals surface area contributed by atoms with Crippen molar-refractivity contribution in [2.75, 3.05) is 33.4 Å². The third kappa shape index (κ3) is 4.46. The van der Waals surface area contributed by atoms with Gasteiger partial charge in [-0.15, -0.1) is 0 Å². The molecule has 2 aliphatic rings. The van der Waals surface area contributed by atoms with Crippen LogP contribution >= 0.6 is 11.6 Å². The first-order chi connectivity index (χ1) is 14.5. The highest BCUT2D eigenvalue weighted by Crippen LogP contribution is 2.40. The third-order valence-corrected chi connectivity index (χ3v) is 6.04. The third-order valence-electron chi connectivity index (χ3n) is 5.81. The van der Waals surface area contributed by atoms with Gasteiger partial charge in [0.2, 0.25) is 0 Å². The summed E-state index contributed by atoms with van der Waals surface area (Å²) < 4.78 is 30.6. The van der Waals surface area contributed by atoms with Crippen molar-refractivity contribution < 1.29 is 23.4 Å². The van der Waals surface area contributed by atoms with Crippen LogP contribution in [0.4, 0.5) is 4.39 Å². The standard InChI is InChI=1S/C23H25ClFNO4/c1-28-21-7-6-18(24)10-19(21)22(27)26-14-23(15-26)11-16(12-30-23)8-9-29-13-17-4-2-3-5-20(17)25/h2-7,10,16H,8-9,11-15H2,1H3. The number of carbonyl (C=O) groups excluding carboxylic acids is 1. The normalized spacial score (nSPS) is 19.7. The van der Waals surface area contributed by atoms with Gasteiger partial charge in [0.25, 0.3) is 5.91 Å². The van der Waals surface area contributed by atoms with E-state index in [-0.39, 0.29) is 23.9 Å². The van der Waals surface area contributed by atoms with Crippen LogP contribution in [0, 0.1) is 11.7 Å². The van der Waals surface area contributed by atoms with Gasteiger partial charge in [0, 0.05) is 17.2 Å². The minimum atomic E-state index is -0.266. The van der Waals surface area contributed by atoms with Crippen LogP contribution in [0.5, 0.6) is 5.75 Å². The molecular weight excluding hydrogens is 409 g/mol. The highest BCUT2D eigenvalue weighted by atomic mass is 35.5. The topological polar surface area (TPSA) is 48.0 Å². The lowest BCUT2D eigenvalue weighted by Crippen LogP contribution is -2.63. The van der Waals surface area contributed by atoms with E-state index < -0.39 is 0 Å². The van der Waals surface area contributed by atoms with Crippen molar-refractivity contribution in [3.8, 4) is 5.75 Å². The second kappa shape index (κ2) is 8.92. The minimum Gasteiger partial charge on any atom is -0.496 e. The smallest absolute Gasteiger partial charge is 0.257 e. The zero-order chi connectivity index (χ0) is 21.1. The number of halogens is 2. The van der Waals surface area contributed by atoms with E-state index in [2.05, 4.69) is 0 Å². The molecule has 5 nitrogen and oxygen atoms in total. The molecule has 2 saturated heterocycles. The summed E-state index contributed by atoms with van der Waals surface area (Å²) in [6.07, 6.45) is 1.75. The average Bonchev–Trinajstić information content (AvgIpc) is 3.15. The summed E-state index contributed by atoms with van der Waals surface area (Å²) in [5.41, 5.74) is 0.773. The van der Waals surface area contributed by atoms with Crippen LogP contribution in [-0.2, 0) is 16.1 Å². The second-order valence-corrected chi connectivity index (χ2v) is 8.44. The fourth-order valence-electron chi connectivity index (χ4n) is 4.20. The lowest BCUT2D eigenvalue weighted by Gasteiger charge is -2.47. The summed E-state index contributed by atoms with van der Waals surface area (Å²) >= 11 is 6.05. The fourth-order valence-corrected chi connectivity index (χ4v) is 4.37. The number of rotatable bonds is 7. The van der Waals surface area contributed by atoms with Crippen LogP contribution < -0.4 is 4.74 Å². The number of methoxy groups -OCH3 is 1. The number of likely N-dealkylation sites (tertiary alicyclic amines) is 1. The number of nitrogens with zero attached hydrogens (tertiary/aromatic N) is 1. The van der Waals surface area contributed by atoms with Gasteiger partial charge in [0.1, 0.15) is 17.2 Å². The predicted molar refractivity (Wildman–Crippen MR) is 111 cm³/mol. The first kappa shape index (κ1) is 21.1. The lowest BCUT2D eigenvalue weighted by atomic mass is 9.85. The van der Waals surface area contributed by atoms with E-state index in [4.69, 9.17) is 25.8 Å². The van der Waals surface area contributed by atoms with Crippen molar-refractivity contribution in [1.29, 1.82) is 0 Å².